The summed E-state index contributed by atoms with van der Waals surface area (Å²) in [4.78, 5) is 29.4. The fraction of sp³-hybridized carbons (Fsp3) is 0.150. The van der Waals surface area contributed by atoms with E-state index in [9.17, 15) is 14.7 Å². The van der Waals surface area contributed by atoms with Gasteiger partial charge in [-0.15, -0.1) is 0 Å². The van der Waals surface area contributed by atoms with Crippen LogP contribution in [0.5, 0.6) is 11.5 Å². The third-order valence-electron chi connectivity index (χ3n) is 4.22. The zero-order valence-electron chi connectivity index (χ0n) is 16.1. The number of carboxylic acids is 1. The maximum Gasteiger partial charge on any atom is 0.322 e. The molecule has 8 N–H and O–H groups in total. The van der Waals surface area contributed by atoms with E-state index < -0.39 is 11.5 Å². The molecule has 0 radical (unpaired) electrons. The van der Waals surface area contributed by atoms with Crippen molar-refractivity contribution in [3.05, 3.63) is 46.8 Å². The second kappa shape index (κ2) is 8.43. The second-order valence-corrected chi connectivity index (χ2v) is 6.37. The first-order chi connectivity index (χ1) is 14.3. The van der Waals surface area contributed by atoms with Gasteiger partial charge in [0.15, 0.2) is 5.82 Å². The van der Waals surface area contributed by atoms with E-state index >= 15 is 0 Å². The van der Waals surface area contributed by atoms with Gasteiger partial charge in [-0.05, 0) is 42.3 Å². The Balaban J connectivity index is 2.06. The molecule has 0 atom stereocenters. The van der Waals surface area contributed by atoms with E-state index in [-0.39, 0.29) is 29.6 Å². The number of nitrogens with two attached hydrogens (primary N) is 2. The minimum Gasteiger partial charge on any atom is -0.508 e. The highest BCUT2D eigenvalue weighted by atomic mass is 16.5. The number of nitrogens with zero attached hydrogens (tertiary/aromatic N) is 1. The maximum absolute atomic E-state index is 12.0. The lowest BCUT2D eigenvalue weighted by molar-refractivity contribution is -0.134. The number of carbonyl (C=O) groups is 1. The molecule has 3 aromatic rings. The van der Waals surface area contributed by atoms with E-state index in [2.05, 4.69) is 15.3 Å². The number of rotatable bonds is 7. The lowest BCUT2D eigenvalue weighted by Gasteiger charge is -2.14. The van der Waals surface area contributed by atoms with Gasteiger partial charge in [-0.3, -0.25) is 9.59 Å². The van der Waals surface area contributed by atoms with Gasteiger partial charge < -0.3 is 36.7 Å². The molecule has 3 rings (SSSR count). The number of aromatic nitrogens is 2. The molecular formula is C20H21N5O5. The summed E-state index contributed by atoms with van der Waals surface area (Å²) in [5, 5.41) is 21.6. The average molecular weight is 411 g/mol. The fourth-order valence-electron chi connectivity index (χ4n) is 2.86. The molecule has 1 heterocycles. The van der Waals surface area contributed by atoms with Crippen LogP contribution in [-0.2, 0) is 4.79 Å². The number of nitrogen functional groups attached to an aromatic ring is 2. The van der Waals surface area contributed by atoms with Crippen LogP contribution in [0.15, 0.2) is 41.2 Å². The van der Waals surface area contributed by atoms with Crippen molar-refractivity contribution in [1.29, 1.82) is 0 Å². The van der Waals surface area contributed by atoms with Crippen LogP contribution in [0, 0.1) is 0 Å². The number of benzene rings is 2. The van der Waals surface area contributed by atoms with Crippen LogP contribution in [0.2, 0.25) is 0 Å². The standard InChI is InChI=1S/C20H21N5O5/c1-2-30-15-7-10(11-5-12(8-13(26)6-11)23-9-16(27)28)3-4-14(15)19-24-18(22)17(21)20(29)25-19/h3-8,23,26H,2,9,21H2,1H3,(H,27,28)(H3,22,24,25,29). The molecule has 0 aliphatic rings. The number of aromatic amines is 1. The molecule has 0 bridgehead atoms. The number of H-pyrrole nitrogens is 1. The van der Waals surface area contributed by atoms with E-state index in [1.165, 1.54) is 12.1 Å². The first-order valence-electron chi connectivity index (χ1n) is 9.01. The summed E-state index contributed by atoms with van der Waals surface area (Å²) in [6, 6.07) is 9.84. The SMILES string of the molecule is CCOc1cc(-c2cc(O)cc(NCC(=O)O)c2)ccc1-c1nc(N)c(N)c(=O)[nH]1. The lowest BCUT2D eigenvalue weighted by Crippen LogP contribution is -2.17. The van der Waals surface area contributed by atoms with Gasteiger partial charge in [0.2, 0.25) is 0 Å². The molecule has 0 fully saturated rings. The molecule has 2 aromatic carbocycles. The Morgan fingerprint density at radius 1 is 1.20 bits per heavy atom. The summed E-state index contributed by atoms with van der Waals surface area (Å²) < 4.78 is 5.71. The van der Waals surface area contributed by atoms with Gasteiger partial charge >= 0.3 is 5.97 Å². The average Bonchev–Trinajstić information content (AvgIpc) is 2.70. The lowest BCUT2D eigenvalue weighted by atomic mass is 10.0. The maximum atomic E-state index is 12.0. The molecule has 10 nitrogen and oxygen atoms in total. The van der Waals surface area contributed by atoms with Crippen LogP contribution in [0.1, 0.15) is 6.92 Å². The Hall–Kier alpha value is -4.21. The Kier molecular flexibility index (Phi) is 5.77. The fourth-order valence-corrected chi connectivity index (χ4v) is 2.86. The molecule has 0 saturated carbocycles. The number of ether oxygens (including phenoxy) is 1. The number of carboxylic acid groups (broad SMARTS) is 1. The van der Waals surface area contributed by atoms with Gasteiger partial charge in [0, 0.05) is 11.8 Å². The predicted molar refractivity (Wildman–Crippen MR) is 114 cm³/mol. The van der Waals surface area contributed by atoms with Crippen LogP contribution < -0.4 is 27.1 Å². The molecule has 10 heteroatoms. The van der Waals surface area contributed by atoms with Gasteiger partial charge in [0.1, 0.15) is 29.6 Å². The molecular weight excluding hydrogens is 390 g/mol. The zero-order chi connectivity index (χ0) is 21.8. The Morgan fingerprint density at radius 2 is 1.97 bits per heavy atom. The summed E-state index contributed by atoms with van der Waals surface area (Å²) in [5.74, 6) is -0.485. The van der Waals surface area contributed by atoms with E-state index in [0.29, 0.717) is 34.7 Å². The van der Waals surface area contributed by atoms with E-state index in [1.807, 2.05) is 6.92 Å². The molecule has 0 unspecified atom stereocenters. The van der Waals surface area contributed by atoms with Crippen LogP contribution in [0.3, 0.4) is 0 Å². The van der Waals surface area contributed by atoms with E-state index in [0.717, 1.165) is 0 Å². The van der Waals surface area contributed by atoms with Crippen molar-refractivity contribution in [2.45, 2.75) is 6.92 Å². The normalized spacial score (nSPS) is 10.6. The summed E-state index contributed by atoms with van der Waals surface area (Å²) in [7, 11) is 0. The molecule has 0 aliphatic heterocycles. The Bertz CT molecular complexity index is 1160. The number of aromatic hydroxyl groups is 1. The molecule has 0 amide bonds. The quantitative estimate of drug-likeness (QED) is 0.339. The Labute approximate surface area is 171 Å². The number of phenols is 1. The molecule has 0 saturated heterocycles. The van der Waals surface area contributed by atoms with Gasteiger partial charge in [-0.2, -0.15) is 0 Å². The summed E-state index contributed by atoms with van der Waals surface area (Å²) in [6.07, 6.45) is 0. The minimum atomic E-state index is -1.02. The van der Waals surface area contributed by atoms with Crippen molar-refractivity contribution in [2.24, 2.45) is 0 Å². The summed E-state index contributed by atoms with van der Waals surface area (Å²) in [6.45, 7) is 1.88. The van der Waals surface area contributed by atoms with Crippen molar-refractivity contribution in [3.63, 3.8) is 0 Å². The van der Waals surface area contributed by atoms with Gasteiger partial charge in [-0.1, -0.05) is 6.07 Å². The smallest absolute Gasteiger partial charge is 0.322 e. The van der Waals surface area contributed by atoms with E-state index in [4.69, 9.17) is 21.3 Å². The van der Waals surface area contributed by atoms with Gasteiger partial charge in [-0.25, -0.2) is 4.98 Å². The number of anilines is 3. The number of hydrogen-bond acceptors (Lipinski definition) is 8. The number of hydrogen-bond donors (Lipinski definition) is 6. The van der Waals surface area contributed by atoms with E-state index in [1.54, 1.807) is 24.3 Å². The topological polar surface area (TPSA) is 177 Å². The predicted octanol–water partition coefficient (Wildman–Crippen LogP) is 1.87. The monoisotopic (exact) mass is 411 g/mol. The first-order valence-corrected chi connectivity index (χ1v) is 9.01. The number of nitrogens with one attached hydrogen (secondary N) is 2. The molecule has 30 heavy (non-hydrogen) atoms. The highest BCUT2D eigenvalue weighted by molar-refractivity contribution is 5.78. The van der Waals surface area contributed by atoms with Crippen molar-refractivity contribution >= 4 is 23.2 Å². The molecule has 1 aromatic heterocycles. The first kappa shape index (κ1) is 20.5. The third kappa shape index (κ3) is 4.43. The number of aliphatic carboxylic acids is 1. The van der Waals surface area contributed by atoms with Crippen LogP contribution in [0.25, 0.3) is 22.5 Å². The Morgan fingerprint density at radius 3 is 2.63 bits per heavy atom. The number of phenolic OH excluding ortho intramolecular Hbond substituents is 1. The van der Waals surface area contributed by atoms with Crippen LogP contribution >= 0.6 is 0 Å². The second-order valence-electron chi connectivity index (χ2n) is 6.37. The summed E-state index contributed by atoms with van der Waals surface area (Å²) in [5.41, 5.74) is 12.9. The van der Waals surface area contributed by atoms with Crippen molar-refractivity contribution in [1.82, 2.24) is 9.97 Å². The highest BCUT2D eigenvalue weighted by Crippen LogP contribution is 2.35. The molecule has 0 spiro atoms. The van der Waals surface area contributed by atoms with Crippen LogP contribution in [0.4, 0.5) is 17.2 Å². The van der Waals surface area contributed by atoms with Crippen molar-refractivity contribution in [3.8, 4) is 34.0 Å². The molecule has 156 valence electrons. The van der Waals surface area contributed by atoms with Gasteiger partial charge in [0.25, 0.3) is 5.56 Å². The van der Waals surface area contributed by atoms with Crippen LogP contribution in [-0.4, -0.2) is 39.3 Å². The summed E-state index contributed by atoms with van der Waals surface area (Å²) >= 11 is 0. The highest BCUT2D eigenvalue weighted by Gasteiger charge is 2.14. The largest absolute Gasteiger partial charge is 0.508 e. The third-order valence-corrected chi connectivity index (χ3v) is 4.22. The van der Waals surface area contributed by atoms with Crippen molar-refractivity contribution < 1.29 is 19.7 Å². The van der Waals surface area contributed by atoms with Crippen molar-refractivity contribution in [2.75, 3.05) is 29.9 Å². The zero-order valence-corrected chi connectivity index (χ0v) is 16.1. The minimum absolute atomic E-state index is 0.0280. The molecule has 0 aliphatic carbocycles. The van der Waals surface area contributed by atoms with Gasteiger partial charge in [0.05, 0.1) is 12.2 Å².